The minimum atomic E-state index is -0.339. The number of fused-ring (bicyclic) bond motifs is 1. The van der Waals surface area contributed by atoms with E-state index in [9.17, 15) is 9.18 Å². The summed E-state index contributed by atoms with van der Waals surface area (Å²) in [6, 6.07) is 11.3. The summed E-state index contributed by atoms with van der Waals surface area (Å²) < 4.78 is 23.5. The molecule has 0 aliphatic carbocycles. The molecule has 7 nitrogen and oxygen atoms in total. The molecule has 0 spiro atoms. The number of hydrogen-bond acceptors (Lipinski definition) is 6. The van der Waals surface area contributed by atoms with Crippen molar-refractivity contribution in [2.75, 3.05) is 12.1 Å². The first-order valence-electron chi connectivity index (χ1n) is 8.19. The van der Waals surface area contributed by atoms with Crippen molar-refractivity contribution >= 4 is 17.4 Å². The Balaban J connectivity index is 1.35. The summed E-state index contributed by atoms with van der Waals surface area (Å²) in [5.74, 6) is 1.15. The van der Waals surface area contributed by atoms with E-state index >= 15 is 0 Å². The Bertz CT molecular complexity index is 962. The number of nitrogens with zero attached hydrogens (tertiary/aromatic N) is 2. The Morgan fingerprint density at radius 1 is 1.04 bits per heavy atom. The summed E-state index contributed by atoms with van der Waals surface area (Å²) >= 11 is 0. The van der Waals surface area contributed by atoms with Crippen molar-refractivity contribution in [3.05, 3.63) is 71.9 Å². The van der Waals surface area contributed by atoms with Crippen LogP contribution in [0.5, 0.6) is 11.5 Å². The first kappa shape index (κ1) is 16.8. The van der Waals surface area contributed by atoms with Gasteiger partial charge in [-0.3, -0.25) is 4.79 Å². The number of amides is 1. The fourth-order valence-corrected chi connectivity index (χ4v) is 2.51. The molecule has 136 valence electrons. The van der Waals surface area contributed by atoms with Gasteiger partial charge in [-0.1, -0.05) is 6.07 Å². The molecule has 1 aliphatic heterocycles. The van der Waals surface area contributed by atoms with Gasteiger partial charge in [-0.15, -0.1) is 0 Å². The lowest BCUT2D eigenvalue weighted by atomic mass is 10.2. The number of halogens is 1. The zero-order chi connectivity index (χ0) is 18.6. The largest absolute Gasteiger partial charge is 0.454 e. The number of ether oxygens (including phenoxy) is 2. The van der Waals surface area contributed by atoms with E-state index in [1.54, 1.807) is 18.2 Å². The zero-order valence-electron chi connectivity index (χ0n) is 14.1. The van der Waals surface area contributed by atoms with Gasteiger partial charge in [-0.05, 0) is 42.0 Å². The van der Waals surface area contributed by atoms with Gasteiger partial charge in [0.2, 0.25) is 6.79 Å². The quantitative estimate of drug-likeness (QED) is 0.722. The van der Waals surface area contributed by atoms with Crippen LogP contribution in [-0.2, 0) is 6.54 Å². The first-order valence-corrected chi connectivity index (χ1v) is 8.19. The van der Waals surface area contributed by atoms with Crippen LogP contribution in [0, 0.1) is 5.82 Å². The van der Waals surface area contributed by atoms with Gasteiger partial charge in [0.05, 0.1) is 12.4 Å². The van der Waals surface area contributed by atoms with E-state index in [2.05, 4.69) is 20.6 Å². The van der Waals surface area contributed by atoms with Gasteiger partial charge < -0.3 is 20.1 Å². The normalized spacial score (nSPS) is 11.9. The maximum Gasteiger partial charge on any atom is 0.271 e. The predicted molar refractivity (Wildman–Crippen MR) is 95.4 cm³/mol. The highest BCUT2D eigenvalue weighted by Crippen LogP contribution is 2.32. The average Bonchev–Trinajstić information content (AvgIpc) is 3.16. The molecule has 8 heteroatoms. The molecule has 0 saturated carbocycles. The highest BCUT2D eigenvalue weighted by molar-refractivity contribution is 5.92. The Labute approximate surface area is 154 Å². The number of rotatable bonds is 5. The van der Waals surface area contributed by atoms with Crippen molar-refractivity contribution in [3.8, 4) is 11.5 Å². The molecule has 27 heavy (non-hydrogen) atoms. The first-order chi connectivity index (χ1) is 13.2. The van der Waals surface area contributed by atoms with E-state index in [-0.39, 0.29) is 24.2 Å². The van der Waals surface area contributed by atoms with E-state index in [1.807, 2.05) is 12.1 Å². The van der Waals surface area contributed by atoms with E-state index in [0.29, 0.717) is 29.5 Å². The molecule has 0 unspecified atom stereocenters. The fraction of sp³-hybridized carbons (Fsp3) is 0.105. The minimum Gasteiger partial charge on any atom is -0.454 e. The highest BCUT2D eigenvalue weighted by atomic mass is 19.1. The van der Waals surface area contributed by atoms with Crippen LogP contribution in [0.25, 0.3) is 0 Å². The second-order valence-corrected chi connectivity index (χ2v) is 5.79. The lowest BCUT2D eigenvalue weighted by Crippen LogP contribution is -2.24. The second-order valence-electron chi connectivity index (χ2n) is 5.79. The third-order valence-electron chi connectivity index (χ3n) is 3.89. The topological polar surface area (TPSA) is 85.4 Å². The van der Waals surface area contributed by atoms with Crippen LogP contribution in [0.3, 0.4) is 0 Å². The van der Waals surface area contributed by atoms with Crippen molar-refractivity contribution in [3.63, 3.8) is 0 Å². The lowest BCUT2D eigenvalue weighted by Gasteiger charge is -2.07. The van der Waals surface area contributed by atoms with Crippen LogP contribution < -0.4 is 20.1 Å². The van der Waals surface area contributed by atoms with Crippen molar-refractivity contribution in [1.29, 1.82) is 0 Å². The van der Waals surface area contributed by atoms with Gasteiger partial charge in [0.1, 0.15) is 17.3 Å². The van der Waals surface area contributed by atoms with Crippen LogP contribution in [0.1, 0.15) is 16.1 Å². The predicted octanol–water partition coefficient (Wildman–Crippen LogP) is 3.02. The molecule has 2 aromatic carbocycles. The summed E-state index contributed by atoms with van der Waals surface area (Å²) in [7, 11) is 0. The van der Waals surface area contributed by atoms with Crippen LogP contribution >= 0.6 is 0 Å². The lowest BCUT2D eigenvalue weighted by molar-refractivity contribution is 0.0945. The molecular weight excluding hydrogens is 351 g/mol. The van der Waals surface area contributed by atoms with Gasteiger partial charge in [-0.2, -0.15) is 0 Å². The SMILES string of the molecule is O=C(NCc1ccc2c(c1)OCO2)c1cnc(Nc2ccc(F)cc2)cn1. The molecule has 0 bridgehead atoms. The molecule has 1 aliphatic rings. The van der Waals surface area contributed by atoms with E-state index in [0.717, 1.165) is 5.56 Å². The fourth-order valence-electron chi connectivity index (χ4n) is 2.51. The van der Waals surface area contributed by atoms with Gasteiger partial charge in [-0.25, -0.2) is 14.4 Å². The number of benzene rings is 2. The number of anilines is 2. The smallest absolute Gasteiger partial charge is 0.271 e. The van der Waals surface area contributed by atoms with Crippen molar-refractivity contribution < 1.29 is 18.7 Å². The summed E-state index contributed by atoms with van der Waals surface area (Å²) in [6.45, 7) is 0.534. The number of carbonyl (C=O) groups excluding carboxylic acids is 1. The molecule has 2 heterocycles. The highest BCUT2D eigenvalue weighted by Gasteiger charge is 2.14. The molecular formula is C19H15FN4O3. The zero-order valence-corrected chi connectivity index (χ0v) is 14.1. The molecule has 4 rings (SSSR count). The maximum absolute atomic E-state index is 12.9. The van der Waals surface area contributed by atoms with Crippen LogP contribution in [0.4, 0.5) is 15.9 Å². The standard InChI is InChI=1S/C19H15FN4O3/c20-13-2-4-14(5-3-13)24-18-10-21-15(9-22-18)19(25)23-8-12-1-6-16-17(7-12)27-11-26-16/h1-7,9-10H,8,11H2,(H,22,24)(H,23,25). The Kier molecular flexibility index (Phi) is 4.52. The van der Waals surface area contributed by atoms with Gasteiger partial charge in [0, 0.05) is 12.2 Å². The average molecular weight is 366 g/mol. The minimum absolute atomic E-state index is 0.195. The molecule has 2 N–H and O–H groups in total. The molecule has 0 atom stereocenters. The van der Waals surface area contributed by atoms with Crippen LogP contribution in [0.15, 0.2) is 54.9 Å². The second kappa shape index (κ2) is 7.28. The maximum atomic E-state index is 12.9. The Hall–Kier alpha value is -3.68. The van der Waals surface area contributed by atoms with Crippen LogP contribution in [0.2, 0.25) is 0 Å². The van der Waals surface area contributed by atoms with Gasteiger partial charge in [0.25, 0.3) is 5.91 Å². The Morgan fingerprint density at radius 3 is 2.63 bits per heavy atom. The third kappa shape index (κ3) is 3.95. The molecule has 0 radical (unpaired) electrons. The van der Waals surface area contributed by atoms with Gasteiger partial charge >= 0.3 is 0 Å². The third-order valence-corrected chi connectivity index (χ3v) is 3.89. The molecule has 0 fully saturated rings. The molecule has 3 aromatic rings. The summed E-state index contributed by atoms with van der Waals surface area (Å²) in [5.41, 5.74) is 1.75. The van der Waals surface area contributed by atoms with Gasteiger partial charge in [0.15, 0.2) is 11.5 Å². The Morgan fingerprint density at radius 2 is 1.85 bits per heavy atom. The number of carbonyl (C=O) groups is 1. The monoisotopic (exact) mass is 366 g/mol. The number of hydrogen-bond donors (Lipinski definition) is 2. The van der Waals surface area contributed by atoms with Crippen molar-refractivity contribution in [1.82, 2.24) is 15.3 Å². The number of nitrogens with one attached hydrogen (secondary N) is 2. The molecule has 1 amide bonds. The van der Waals surface area contributed by atoms with E-state index < -0.39 is 0 Å². The van der Waals surface area contributed by atoms with Crippen LogP contribution in [-0.4, -0.2) is 22.7 Å². The molecule has 0 saturated heterocycles. The molecule has 1 aromatic heterocycles. The summed E-state index contributed by atoms with van der Waals surface area (Å²) in [5, 5.41) is 5.76. The summed E-state index contributed by atoms with van der Waals surface area (Å²) in [4.78, 5) is 20.5. The van der Waals surface area contributed by atoms with Crippen molar-refractivity contribution in [2.24, 2.45) is 0 Å². The summed E-state index contributed by atoms with van der Waals surface area (Å²) in [6.07, 6.45) is 2.82. The van der Waals surface area contributed by atoms with E-state index in [1.165, 1.54) is 24.5 Å². The van der Waals surface area contributed by atoms with Crippen molar-refractivity contribution in [2.45, 2.75) is 6.54 Å². The van der Waals surface area contributed by atoms with E-state index in [4.69, 9.17) is 9.47 Å². The number of aromatic nitrogens is 2.